The van der Waals surface area contributed by atoms with Crippen molar-refractivity contribution in [2.24, 2.45) is 5.92 Å². The van der Waals surface area contributed by atoms with Gasteiger partial charge in [0.15, 0.2) is 0 Å². The molecule has 2 heterocycles. The van der Waals surface area contributed by atoms with Gasteiger partial charge in [-0.1, -0.05) is 6.92 Å². The molecule has 106 valence electrons. The Morgan fingerprint density at radius 2 is 2.16 bits per heavy atom. The topological polar surface area (TPSA) is 56.2 Å². The van der Waals surface area contributed by atoms with Crippen LogP contribution in [0.3, 0.4) is 0 Å². The number of hydrogen-bond acceptors (Lipinski definition) is 3. The summed E-state index contributed by atoms with van der Waals surface area (Å²) in [5.74, 6) is 0.886. The zero-order chi connectivity index (χ0) is 14.2. The van der Waals surface area contributed by atoms with E-state index in [1.165, 1.54) is 0 Å². The highest BCUT2D eigenvalue weighted by molar-refractivity contribution is 5.93. The number of nitrogens with zero attached hydrogens (tertiary/aromatic N) is 2. The second-order valence-corrected chi connectivity index (χ2v) is 6.37. The summed E-state index contributed by atoms with van der Waals surface area (Å²) in [4.78, 5) is 12.3. The van der Waals surface area contributed by atoms with Gasteiger partial charge in [-0.15, -0.1) is 0 Å². The minimum absolute atomic E-state index is 0.0807. The second kappa shape index (κ2) is 4.96. The summed E-state index contributed by atoms with van der Waals surface area (Å²) >= 11 is 0. The van der Waals surface area contributed by atoms with Crippen LogP contribution in [0.5, 0.6) is 0 Å². The molecule has 0 aromatic carbocycles. The third kappa shape index (κ3) is 2.97. The normalized spacial score (nSPS) is 27.5. The Bertz CT molecular complexity index is 462. The van der Waals surface area contributed by atoms with Crippen molar-refractivity contribution in [2.45, 2.75) is 58.8 Å². The maximum atomic E-state index is 12.3. The Kier molecular flexibility index (Phi) is 3.67. The summed E-state index contributed by atoms with van der Waals surface area (Å²) < 4.78 is 7.48. The van der Waals surface area contributed by atoms with Gasteiger partial charge in [0.25, 0.3) is 5.91 Å². The monoisotopic (exact) mass is 265 g/mol. The highest BCUT2D eigenvalue weighted by Crippen LogP contribution is 2.27. The summed E-state index contributed by atoms with van der Waals surface area (Å²) in [7, 11) is 0. The molecular weight excluding hydrogens is 242 g/mol. The van der Waals surface area contributed by atoms with Gasteiger partial charge in [-0.25, -0.2) is 4.68 Å². The quantitative estimate of drug-likeness (QED) is 0.893. The van der Waals surface area contributed by atoms with E-state index in [4.69, 9.17) is 4.74 Å². The molecule has 0 radical (unpaired) electrons. The van der Waals surface area contributed by atoms with Crippen LogP contribution in [0.1, 0.15) is 41.0 Å². The first-order chi connectivity index (χ1) is 8.79. The molecule has 1 saturated heterocycles. The van der Waals surface area contributed by atoms with Gasteiger partial charge in [0, 0.05) is 6.07 Å². The smallest absolute Gasteiger partial charge is 0.254 e. The van der Waals surface area contributed by atoms with E-state index in [9.17, 15) is 4.79 Å². The van der Waals surface area contributed by atoms with E-state index in [0.717, 1.165) is 6.42 Å². The van der Waals surface area contributed by atoms with Crippen LogP contribution in [0.15, 0.2) is 12.3 Å². The second-order valence-electron chi connectivity index (χ2n) is 6.37. The fourth-order valence-electron chi connectivity index (χ4n) is 2.54. The number of hydrogen-bond donors (Lipinski definition) is 1. The number of aromatic nitrogens is 2. The van der Waals surface area contributed by atoms with E-state index >= 15 is 0 Å². The average molecular weight is 265 g/mol. The number of anilines is 1. The minimum atomic E-state index is -0.363. The van der Waals surface area contributed by atoms with Crippen LogP contribution in [0, 0.1) is 5.92 Å². The zero-order valence-corrected chi connectivity index (χ0v) is 12.3. The number of carbonyl (C=O) groups is 1. The first-order valence-electron chi connectivity index (χ1n) is 6.80. The third-order valence-electron chi connectivity index (χ3n) is 3.39. The van der Waals surface area contributed by atoms with Gasteiger partial charge in [-0.05, 0) is 40.0 Å². The number of rotatable bonds is 2. The van der Waals surface area contributed by atoms with E-state index < -0.39 is 0 Å². The van der Waals surface area contributed by atoms with Crippen LogP contribution in [-0.4, -0.2) is 27.9 Å². The van der Waals surface area contributed by atoms with Crippen molar-refractivity contribution < 1.29 is 9.53 Å². The molecule has 1 amide bonds. The number of carbonyl (C=O) groups excluding carboxylic acids is 1. The maximum Gasteiger partial charge on any atom is 0.254 e. The van der Waals surface area contributed by atoms with Gasteiger partial charge >= 0.3 is 0 Å². The molecule has 0 spiro atoms. The lowest BCUT2D eigenvalue weighted by atomic mass is 10.0. The van der Waals surface area contributed by atoms with Gasteiger partial charge < -0.3 is 10.1 Å². The molecule has 1 aliphatic rings. The molecule has 1 N–H and O–H groups in total. The Hall–Kier alpha value is -1.36. The Morgan fingerprint density at radius 3 is 2.68 bits per heavy atom. The molecular formula is C14H23N3O2. The maximum absolute atomic E-state index is 12.3. The number of amides is 1. The molecule has 3 unspecified atom stereocenters. The van der Waals surface area contributed by atoms with Crippen LogP contribution >= 0.6 is 0 Å². The van der Waals surface area contributed by atoms with Crippen molar-refractivity contribution in [2.75, 3.05) is 5.32 Å². The molecule has 5 heteroatoms. The molecule has 0 bridgehead atoms. The standard InChI is InChI=1S/C14H23N3O2/c1-9-8-10(2)19-12(9)13(18)16-11-6-7-15-17(11)14(3,4)5/h6-7,9-10,12H,8H2,1-5H3,(H,16,18). The van der Waals surface area contributed by atoms with Crippen molar-refractivity contribution in [3.05, 3.63) is 12.3 Å². The fraction of sp³-hybridized carbons (Fsp3) is 0.714. The molecule has 1 aromatic heterocycles. The van der Waals surface area contributed by atoms with Crippen molar-refractivity contribution in [1.29, 1.82) is 0 Å². The van der Waals surface area contributed by atoms with Crippen LogP contribution in [0.2, 0.25) is 0 Å². The van der Waals surface area contributed by atoms with E-state index in [1.54, 1.807) is 6.20 Å². The molecule has 2 rings (SSSR count). The number of ether oxygens (including phenoxy) is 1. The van der Waals surface area contributed by atoms with Crippen molar-refractivity contribution in [1.82, 2.24) is 9.78 Å². The molecule has 1 fully saturated rings. The van der Waals surface area contributed by atoms with E-state index in [2.05, 4.69) is 17.3 Å². The first-order valence-corrected chi connectivity index (χ1v) is 6.80. The SMILES string of the molecule is CC1CC(C)C(C(=O)Nc2ccnn2C(C)(C)C)O1. The van der Waals surface area contributed by atoms with Gasteiger partial charge in [0.05, 0.1) is 17.8 Å². The summed E-state index contributed by atoms with van der Waals surface area (Å²) in [6.07, 6.45) is 2.41. The average Bonchev–Trinajstić information content (AvgIpc) is 2.84. The molecule has 0 saturated carbocycles. The largest absolute Gasteiger partial charge is 0.365 e. The number of nitrogens with one attached hydrogen (secondary N) is 1. The van der Waals surface area contributed by atoms with Crippen LogP contribution < -0.4 is 5.32 Å². The van der Waals surface area contributed by atoms with Gasteiger partial charge in [0.2, 0.25) is 0 Å². The Balaban J connectivity index is 2.10. The third-order valence-corrected chi connectivity index (χ3v) is 3.39. The highest BCUT2D eigenvalue weighted by atomic mass is 16.5. The molecule has 5 nitrogen and oxygen atoms in total. The summed E-state index contributed by atoms with van der Waals surface area (Å²) in [5, 5.41) is 7.19. The van der Waals surface area contributed by atoms with Crippen molar-refractivity contribution in [3.63, 3.8) is 0 Å². The lowest BCUT2D eigenvalue weighted by Crippen LogP contribution is -2.34. The van der Waals surface area contributed by atoms with Crippen molar-refractivity contribution >= 4 is 11.7 Å². The summed E-state index contributed by atoms with van der Waals surface area (Å²) in [5.41, 5.74) is -0.165. The van der Waals surface area contributed by atoms with Gasteiger partial charge in [0.1, 0.15) is 11.9 Å². The first kappa shape index (κ1) is 14.1. The predicted molar refractivity (Wildman–Crippen MR) is 74.0 cm³/mol. The predicted octanol–water partition coefficient (Wildman–Crippen LogP) is 2.39. The van der Waals surface area contributed by atoms with Crippen LogP contribution in [0.4, 0.5) is 5.82 Å². The summed E-state index contributed by atoms with van der Waals surface area (Å²) in [6.45, 7) is 10.2. The molecule has 19 heavy (non-hydrogen) atoms. The Morgan fingerprint density at radius 1 is 1.47 bits per heavy atom. The van der Waals surface area contributed by atoms with Crippen LogP contribution in [0.25, 0.3) is 0 Å². The lowest BCUT2D eigenvalue weighted by Gasteiger charge is -2.23. The van der Waals surface area contributed by atoms with E-state index in [1.807, 2.05) is 38.4 Å². The van der Waals surface area contributed by atoms with E-state index in [0.29, 0.717) is 5.82 Å². The molecule has 3 atom stereocenters. The van der Waals surface area contributed by atoms with Gasteiger partial charge in [-0.3, -0.25) is 4.79 Å². The zero-order valence-electron chi connectivity index (χ0n) is 12.3. The van der Waals surface area contributed by atoms with Gasteiger partial charge in [-0.2, -0.15) is 5.10 Å². The lowest BCUT2D eigenvalue weighted by molar-refractivity contribution is -0.127. The minimum Gasteiger partial charge on any atom is -0.365 e. The van der Waals surface area contributed by atoms with Crippen LogP contribution in [-0.2, 0) is 15.1 Å². The molecule has 1 aliphatic heterocycles. The van der Waals surface area contributed by atoms with E-state index in [-0.39, 0.29) is 29.6 Å². The molecule has 1 aromatic rings. The Labute approximate surface area is 114 Å². The fourth-order valence-corrected chi connectivity index (χ4v) is 2.54. The highest BCUT2D eigenvalue weighted by Gasteiger charge is 2.35. The molecule has 0 aliphatic carbocycles. The summed E-state index contributed by atoms with van der Waals surface area (Å²) in [6, 6.07) is 1.81. The van der Waals surface area contributed by atoms with Crippen molar-refractivity contribution in [3.8, 4) is 0 Å².